The number of amides is 1. The molecule has 0 saturated heterocycles. The maximum atomic E-state index is 13.4. The number of sulfonamides is 1. The van der Waals surface area contributed by atoms with Gasteiger partial charge in [0.1, 0.15) is 18.9 Å². The fourth-order valence-corrected chi connectivity index (χ4v) is 5.38. The molecule has 0 unspecified atom stereocenters. The monoisotopic (exact) mass is 581 g/mol. The van der Waals surface area contributed by atoms with Gasteiger partial charge in [-0.2, -0.15) is 5.10 Å². The Kier molecular flexibility index (Phi) is 9.24. The fourth-order valence-electron chi connectivity index (χ4n) is 3.56. The van der Waals surface area contributed by atoms with Crippen LogP contribution in [-0.4, -0.2) is 27.1 Å². The topological polar surface area (TPSA) is 88.1 Å². The van der Waals surface area contributed by atoms with Crippen molar-refractivity contribution in [3.05, 3.63) is 124 Å². The number of benzene rings is 4. The van der Waals surface area contributed by atoms with E-state index in [1.165, 1.54) is 24.4 Å². The minimum absolute atomic E-state index is 0.0515. The van der Waals surface area contributed by atoms with Crippen LogP contribution in [0.15, 0.2) is 107 Å². The highest BCUT2D eigenvalue weighted by Crippen LogP contribution is 2.28. The third-order valence-electron chi connectivity index (χ3n) is 5.64. The molecule has 4 rings (SSSR count). The second kappa shape index (κ2) is 12.8. The van der Waals surface area contributed by atoms with Gasteiger partial charge >= 0.3 is 0 Å². The summed E-state index contributed by atoms with van der Waals surface area (Å²) in [5, 5.41) is 5.01. The lowest BCUT2D eigenvalue weighted by Crippen LogP contribution is -2.39. The van der Waals surface area contributed by atoms with Crippen molar-refractivity contribution in [2.75, 3.05) is 10.8 Å². The van der Waals surface area contributed by atoms with Gasteiger partial charge in [-0.15, -0.1) is 0 Å². The maximum absolute atomic E-state index is 13.4. The average Bonchev–Trinajstić information content (AvgIpc) is 2.93. The number of carbonyl (C=O) groups excluding carboxylic acids is 1. The van der Waals surface area contributed by atoms with Crippen molar-refractivity contribution < 1.29 is 17.9 Å². The third kappa shape index (κ3) is 7.60. The van der Waals surface area contributed by atoms with Crippen molar-refractivity contribution >= 4 is 51.0 Å². The number of hydrogen-bond donors (Lipinski definition) is 1. The molecule has 4 aromatic carbocycles. The van der Waals surface area contributed by atoms with Gasteiger partial charge in [0.25, 0.3) is 15.9 Å². The molecule has 0 atom stereocenters. The average molecular weight is 583 g/mol. The van der Waals surface area contributed by atoms with Crippen molar-refractivity contribution in [3.8, 4) is 5.75 Å². The fraction of sp³-hybridized carbons (Fsp3) is 0.103. The third-order valence-corrected chi connectivity index (χ3v) is 8.07. The quantitative estimate of drug-likeness (QED) is 0.178. The molecule has 1 amide bonds. The first-order valence-electron chi connectivity index (χ1n) is 11.9. The Morgan fingerprint density at radius 1 is 0.949 bits per heavy atom. The van der Waals surface area contributed by atoms with Crippen molar-refractivity contribution in [1.82, 2.24) is 5.43 Å². The summed E-state index contributed by atoms with van der Waals surface area (Å²) in [4.78, 5) is 12.8. The summed E-state index contributed by atoms with van der Waals surface area (Å²) in [7, 11) is -4.05. The van der Waals surface area contributed by atoms with Gasteiger partial charge in [-0.3, -0.25) is 9.10 Å². The highest BCUT2D eigenvalue weighted by atomic mass is 35.5. The van der Waals surface area contributed by atoms with Crippen LogP contribution in [0.4, 0.5) is 5.69 Å². The first-order valence-corrected chi connectivity index (χ1v) is 14.0. The molecule has 39 heavy (non-hydrogen) atoms. The number of aryl methyl sites for hydroxylation is 1. The first kappa shape index (κ1) is 28.2. The Hall–Kier alpha value is -3.85. The van der Waals surface area contributed by atoms with Crippen LogP contribution < -0.4 is 14.5 Å². The molecular formula is C29H25Cl2N3O4S. The summed E-state index contributed by atoms with van der Waals surface area (Å²) >= 11 is 12.3. The second-order valence-corrected chi connectivity index (χ2v) is 11.2. The van der Waals surface area contributed by atoms with Crippen molar-refractivity contribution in [1.29, 1.82) is 0 Å². The molecule has 0 saturated carbocycles. The summed E-state index contributed by atoms with van der Waals surface area (Å²) in [6.45, 7) is 1.68. The zero-order valence-corrected chi connectivity index (χ0v) is 23.2. The zero-order valence-electron chi connectivity index (χ0n) is 20.9. The Balaban J connectivity index is 1.41. The minimum atomic E-state index is -4.05. The lowest BCUT2D eigenvalue weighted by atomic mass is 10.2. The van der Waals surface area contributed by atoms with E-state index in [-0.39, 0.29) is 10.6 Å². The molecule has 0 aliphatic rings. The lowest BCUT2D eigenvalue weighted by Gasteiger charge is -2.24. The smallest absolute Gasteiger partial charge is 0.264 e. The van der Waals surface area contributed by atoms with Gasteiger partial charge in [-0.05, 0) is 84.3 Å². The van der Waals surface area contributed by atoms with E-state index in [0.29, 0.717) is 28.0 Å². The summed E-state index contributed by atoms with van der Waals surface area (Å²) < 4.78 is 33.6. The molecule has 0 spiro atoms. The van der Waals surface area contributed by atoms with Crippen LogP contribution >= 0.6 is 23.2 Å². The van der Waals surface area contributed by atoms with Crippen LogP contribution in [0.1, 0.15) is 16.7 Å². The van der Waals surface area contributed by atoms with Crippen LogP contribution in [0.3, 0.4) is 0 Å². The first-order chi connectivity index (χ1) is 18.7. The van der Waals surface area contributed by atoms with E-state index < -0.39 is 22.5 Å². The normalized spacial score (nSPS) is 11.4. The molecule has 0 aromatic heterocycles. The molecular weight excluding hydrogens is 557 g/mol. The van der Waals surface area contributed by atoms with E-state index in [1.807, 2.05) is 25.1 Å². The largest absolute Gasteiger partial charge is 0.489 e. The lowest BCUT2D eigenvalue weighted by molar-refractivity contribution is -0.119. The standard InChI is InChI=1S/C29H25Cl2N3O4S/c1-21-10-13-25(17-28(21)31)34(39(36,37)27-8-3-2-4-9-27)19-29(35)33-32-18-22-11-14-26(15-12-22)38-20-23-6-5-7-24(30)16-23/h2-18H,19-20H2,1H3,(H,33,35)/b32-18-. The molecule has 1 N–H and O–H groups in total. The number of nitrogens with one attached hydrogen (secondary N) is 1. The summed E-state index contributed by atoms with van der Waals surface area (Å²) in [5.74, 6) is 0.0404. The van der Waals surface area contributed by atoms with Crippen LogP contribution in [-0.2, 0) is 21.4 Å². The Bertz CT molecular complexity index is 1580. The van der Waals surface area contributed by atoms with Gasteiger partial charge in [0, 0.05) is 10.0 Å². The number of ether oxygens (including phenoxy) is 1. The van der Waals surface area contributed by atoms with Crippen LogP contribution in [0, 0.1) is 6.92 Å². The molecule has 0 bridgehead atoms. The Morgan fingerprint density at radius 2 is 1.69 bits per heavy atom. The molecule has 0 aliphatic heterocycles. The van der Waals surface area contributed by atoms with Gasteiger partial charge in [-0.25, -0.2) is 13.8 Å². The predicted octanol–water partition coefficient (Wildman–Crippen LogP) is 6.23. The SMILES string of the molecule is Cc1ccc(N(CC(=O)N/N=C\c2ccc(OCc3cccc(Cl)c3)cc2)S(=O)(=O)c2ccccc2)cc1Cl. The van der Waals surface area contributed by atoms with Crippen LogP contribution in [0.2, 0.25) is 10.0 Å². The number of nitrogens with zero attached hydrogens (tertiary/aromatic N) is 2. The maximum Gasteiger partial charge on any atom is 0.264 e. The minimum Gasteiger partial charge on any atom is -0.489 e. The number of anilines is 1. The Morgan fingerprint density at radius 3 is 2.38 bits per heavy atom. The van der Waals surface area contributed by atoms with Crippen molar-refractivity contribution in [2.24, 2.45) is 5.10 Å². The van der Waals surface area contributed by atoms with Gasteiger partial charge < -0.3 is 4.74 Å². The predicted molar refractivity (Wildman–Crippen MR) is 155 cm³/mol. The van der Waals surface area contributed by atoms with E-state index in [4.69, 9.17) is 27.9 Å². The molecule has 0 fully saturated rings. The highest BCUT2D eigenvalue weighted by Gasteiger charge is 2.27. The summed E-state index contributed by atoms with van der Waals surface area (Å²) in [6, 6.07) is 27.3. The van der Waals surface area contributed by atoms with E-state index in [9.17, 15) is 13.2 Å². The molecule has 0 radical (unpaired) electrons. The summed E-state index contributed by atoms with van der Waals surface area (Å²) in [6.07, 6.45) is 1.46. The van der Waals surface area contributed by atoms with Gasteiger partial charge in [-0.1, -0.05) is 59.6 Å². The van der Waals surface area contributed by atoms with E-state index in [2.05, 4.69) is 10.5 Å². The number of hydrazone groups is 1. The molecule has 10 heteroatoms. The molecule has 0 heterocycles. The Labute approximate surface area is 237 Å². The van der Waals surface area contributed by atoms with E-state index in [0.717, 1.165) is 15.4 Å². The molecule has 0 aliphatic carbocycles. The van der Waals surface area contributed by atoms with Gasteiger partial charge in [0.05, 0.1) is 16.8 Å². The summed E-state index contributed by atoms with van der Waals surface area (Å²) in [5.41, 5.74) is 5.11. The number of rotatable bonds is 10. The van der Waals surface area contributed by atoms with Crippen molar-refractivity contribution in [2.45, 2.75) is 18.4 Å². The molecule has 200 valence electrons. The van der Waals surface area contributed by atoms with Crippen LogP contribution in [0.25, 0.3) is 0 Å². The van der Waals surface area contributed by atoms with Crippen molar-refractivity contribution in [3.63, 3.8) is 0 Å². The second-order valence-electron chi connectivity index (χ2n) is 8.54. The number of halogens is 2. The molecule has 7 nitrogen and oxygen atoms in total. The molecule has 4 aromatic rings. The van der Waals surface area contributed by atoms with E-state index >= 15 is 0 Å². The highest BCUT2D eigenvalue weighted by molar-refractivity contribution is 7.92. The van der Waals surface area contributed by atoms with Gasteiger partial charge in [0.2, 0.25) is 0 Å². The van der Waals surface area contributed by atoms with Crippen LogP contribution in [0.5, 0.6) is 5.75 Å². The van der Waals surface area contributed by atoms with Gasteiger partial charge in [0.15, 0.2) is 0 Å². The number of carbonyl (C=O) groups is 1. The zero-order chi connectivity index (χ0) is 27.8. The number of hydrogen-bond acceptors (Lipinski definition) is 5. The van der Waals surface area contributed by atoms with E-state index in [1.54, 1.807) is 60.7 Å².